The van der Waals surface area contributed by atoms with Gasteiger partial charge in [-0.05, 0) is 30.5 Å². The van der Waals surface area contributed by atoms with Gasteiger partial charge >= 0.3 is 0 Å². The normalized spacial score (nSPS) is 13.9. The van der Waals surface area contributed by atoms with Crippen molar-refractivity contribution in [3.8, 4) is 6.07 Å². The highest BCUT2D eigenvalue weighted by molar-refractivity contribution is 5.79. The van der Waals surface area contributed by atoms with Crippen LogP contribution in [0.4, 0.5) is 5.69 Å². The first-order valence-corrected chi connectivity index (χ1v) is 6.21. The van der Waals surface area contributed by atoms with E-state index in [1.165, 1.54) is 0 Å². The van der Waals surface area contributed by atoms with Gasteiger partial charge in [0.25, 0.3) is 0 Å². The fraction of sp³-hybridized carbons (Fsp3) is 0.429. The summed E-state index contributed by atoms with van der Waals surface area (Å²) >= 11 is 0. The number of anilines is 1. The summed E-state index contributed by atoms with van der Waals surface area (Å²) in [5.41, 5.74) is 7.30. The van der Waals surface area contributed by atoms with E-state index in [2.05, 4.69) is 6.07 Å². The first kappa shape index (κ1) is 12.4. The summed E-state index contributed by atoms with van der Waals surface area (Å²) in [6, 6.07) is 9.85. The van der Waals surface area contributed by atoms with Crippen molar-refractivity contribution in [2.75, 3.05) is 12.3 Å². The van der Waals surface area contributed by atoms with E-state index in [0.717, 1.165) is 18.4 Å². The van der Waals surface area contributed by atoms with Crippen LogP contribution in [0.5, 0.6) is 0 Å². The Morgan fingerprint density at radius 1 is 1.50 bits per heavy atom. The molecule has 1 amide bonds. The van der Waals surface area contributed by atoms with Crippen molar-refractivity contribution in [1.29, 1.82) is 5.26 Å². The molecule has 0 radical (unpaired) electrons. The van der Waals surface area contributed by atoms with Gasteiger partial charge in [-0.15, -0.1) is 0 Å². The molecule has 1 saturated carbocycles. The first-order chi connectivity index (χ1) is 8.70. The van der Waals surface area contributed by atoms with Gasteiger partial charge in [0.1, 0.15) is 0 Å². The molecule has 1 aromatic rings. The van der Waals surface area contributed by atoms with Gasteiger partial charge < -0.3 is 10.6 Å². The van der Waals surface area contributed by atoms with Crippen LogP contribution in [-0.2, 0) is 11.2 Å². The Morgan fingerprint density at radius 3 is 2.89 bits per heavy atom. The fourth-order valence-corrected chi connectivity index (χ4v) is 2.05. The summed E-state index contributed by atoms with van der Waals surface area (Å²) in [6.07, 6.45) is 2.90. The molecule has 94 valence electrons. The Hall–Kier alpha value is -2.02. The lowest BCUT2D eigenvalue weighted by atomic mass is 10.1. The third kappa shape index (κ3) is 3.24. The Balaban J connectivity index is 1.98. The molecule has 1 aromatic carbocycles. The molecular weight excluding hydrogens is 226 g/mol. The van der Waals surface area contributed by atoms with E-state index in [-0.39, 0.29) is 5.91 Å². The molecule has 0 unspecified atom stereocenters. The summed E-state index contributed by atoms with van der Waals surface area (Å²) < 4.78 is 0. The quantitative estimate of drug-likeness (QED) is 0.800. The summed E-state index contributed by atoms with van der Waals surface area (Å²) in [7, 11) is 0. The van der Waals surface area contributed by atoms with Crippen LogP contribution in [-0.4, -0.2) is 23.4 Å². The zero-order valence-electron chi connectivity index (χ0n) is 10.3. The lowest BCUT2D eigenvalue weighted by molar-refractivity contribution is -0.131. The summed E-state index contributed by atoms with van der Waals surface area (Å²) in [5, 5.41) is 8.62. The number of amides is 1. The molecule has 2 rings (SSSR count). The number of hydrogen-bond acceptors (Lipinski definition) is 3. The van der Waals surface area contributed by atoms with Crippen molar-refractivity contribution in [3.63, 3.8) is 0 Å². The molecule has 1 aliphatic rings. The second kappa shape index (κ2) is 5.54. The second-order valence-corrected chi connectivity index (χ2v) is 4.65. The molecule has 0 spiro atoms. The molecule has 1 fully saturated rings. The number of benzene rings is 1. The summed E-state index contributed by atoms with van der Waals surface area (Å²) in [6.45, 7) is 0.544. The van der Waals surface area contributed by atoms with Gasteiger partial charge in [-0.25, -0.2) is 0 Å². The van der Waals surface area contributed by atoms with Crippen molar-refractivity contribution < 1.29 is 4.79 Å². The molecule has 1 aliphatic carbocycles. The molecule has 0 atom stereocenters. The average molecular weight is 243 g/mol. The molecule has 2 N–H and O–H groups in total. The molecule has 0 saturated heterocycles. The van der Waals surface area contributed by atoms with Crippen LogP contribution in [0, 0.1) is 11.3 Å². The molecule has 0 bridgehead atoms. The van der Waals surface area contributed by atoms with Gasteiger partial charge in [0, 0.05) is 18.3 Å². The van der Waals surface area contributed by atoms with Crippen LogP contribution in [0.15, 0.2) is 24.3 Å². The number of nitrogens with zero attached hydrogens (tertiary/aromatic N) is 2. The van der Waals surface area contributed by atoms with Crippen LogP contribution in [0.1, 0.15) is 24.8 Å². The molecule has 18 heavy (non-hydrogen) atoms. The zero-order chi connectivity index (χ0) is 13.0. The number of carbonyl (C=O) groups is 1. The van der Waals surface area contributed by atoms with Crippen molar-refractivity contribution in [3.05, 3.63) is 29.8 Å². The highest BCUT2D eigenvalue weighted by Crippen LogP contribution is 2.27. The van der Waals surface area contributed by atoms with Crippen LogP contribution < -0.4 is 5.73 Å². The highest BCUT2D eigenvalue weighted by Gasteiger charge is 2.31. The first-order valence-electron chi connectivity index (χ1n) is 6.21. The third-order valence-electron chi connectivity index (χ3n) is 3.08. The van der Waals surface area contributed by atoms with Crippen LogP contribution in [0.2, 0.25) is 0 Å². The topological polar surface area (TPSA) is 70.1 Å². The van der Waals surface area contributed by atoms with Crippen molar-refractivity contribution in [2.45, 2.75) is 31.7 Å². The second-order valence-electron chi connectivity index (χ2n) is 4.65. The highest BCUT2D eigenvalue weighted by atomic mass is 16.2. The lowest BCUT2D eigenvalue weighted by Gasteiger charge is -2.21. The average Bonchev–Trinajstić information content (AvgIpc) is 3.14. The fourth-order valence-electron chi connectivity index (χ4n) is 2.05. The number of carbonyl (C=O) groups excluding carboxylic acids is 1. The van der Waals surface area contributed by atoms with Gasteiger partial charge in [0.15, 0.2) is 0 Å². The minimum Gasteiger partial charge on any atom is -0.399 e. The number of nitrogens with two attached hydrogens (primary N) is 1. The van der Waals surface area contributed by atoms with E-state index in [1.54, 1.807) is 0 Å². The third-order valence-corrected chi connectivity index (χ3v) is 3.08. The van der Waals surface area contributed by atoms with Crippen molar-refractivity contribution in [1.82, 2.24) is 4.90 Å². The smallest absolute Gasteiger partial charge is 0.227 e. The predicted molar refractivity (Wildman–Crippen MR) is 69.5 cm³/mol. The van der Waals surface area contributed by atoms with E-state index in [1.807, 2.05) is 29.2 Å². The number of nitriles is 1. The molecule has 4 heteroatoms. The summed E-state index contributed by atoms with van der Waals surface area (Å²) in [4.78, 5) is 14.0. The molecule has 4 nitrogen and oxygen atoms in total. The Kier molecular flexibility index (Phi) is 3.83. The van der Waals surface area contributed by atoms with E-state index < -0.39 is 0 Å². The maximum atomic E-state index is 12.2. The SMILES string of the molecule is N#CCCN(C(=O)Cc1cccc(N)c1)C1CC1. The standard InChI is InChI=1S/C14H17N3O/c15-7-2-8-17(13-5-6-13)14(18)10-11-3-1-4-12(16)9-11/h1,3-4,9,13H,2,5-6,8,10,16H2. The minimum absolute atomic E-state index is 0.0957. The molecule has 0 aromatic heterocycles. The molecule has 0 heterocycles. The van der Waals surface area contributed by atoms with E-state index >= 15 is 0 Å². The minimum atomic E-state index is 0.0957. The number of hydrogen-bond donors (Lipinski definition) is 1. The van der Waals surface area contributed by atoms with Crippen LogP contribution in [0.25, 0.3) is 0 Å². The Labute approximate surface area is 107 Å². The van der Waals surface area contributed by atoms with Gasteiger partial charge in [-0.2, -0.15) is 5.26 Å². The molecular formula is C14H17N3O. The van der Waals surface area contributed by atoms with E-state index in [9.17, 15) is 4.79 Å². The Bertz CT molecular complexity index is 474. The largest absolute Gasteiger partial charge is 0.399 e. The lowest BCUT2D eigenvalue weighted by Crippen LogP contribution is -2.35. The van der Waals surface area contributed by atoms with E-state index in [0.29, 0.717) is 31.1 Å². The molecule has 0 aliphatic heterocycles. The maximum Gasteiger partial charge on any atom is 0.227 e. The Morgan fingerprint density at radius 2 is 2.28 bits per heavy atom. The van der Waals surface area contributed by atoms with Gasteiger partial charge in [-0.3, -0.25) is 4.79 Å². The van der Waals surface area contributed by atoms with Crippen molar-refractivity contribution in [2.24, 2.45) is 0 Å². The van der Waals surface area contributed by atoms with Crippen molar-refractivity contribution >= 4 is 11.6 Å². The number of nitrogen functional groups attached to an aromatic ring is 1. The van der Waals surface area contributed by atoms with Crippen LogP contribution in [0.3, 0.4) is 0 Å². The van der Waals surface area contributed by atoms with Gasteiger partial charge in [-0.1, -0.05) is 12.1 Å². The van der Waals surface area contributed by atoms with E-state index in [4.69, 9.17) is 11.0 Å². The van der Waals surface area contributed by atoms with Gasteiger partial charge in [0.2, 0.25) is 5.91 Å². The predicted octanol–water partition coefficient (Wildman–Crippen LogP) is 1.72. The zero-order valence-corrected chi connectivity index (χ0v) is 10.3. The monoisotopic (exact) mass is 243 g/mol. The van der Waals surface area contributed by atoms with Gasteiger partial charge in [0.05, 0.1) is 18.9 Å². The maximum absolute atomic E-state index is 12.2. The summed E-state index contributed by atoms with van der Waals surface area (Å²) in [5.74, 6) is 0.0957. The van der Waals surface area contributed by atoms with Crippen LogP contribution >= 0.6 is 0 Å². The number of rotatable bonds is 5.